The molecule has 20 heteroatoms. The Bertz CT molecular complexity index is 2380. The van der Waals surface area contributed by atoms with Crippen LogP contribution in [0.3, 0.4) is 0 Å². The van der Waals surface area contributed by atoms with Gasteiger partial charge in [-0.2, -0.15) is 61.5 Å². The monoisotopic (exact) mass is 840 g/mol. The van der Waals surface area contributed by atoms with Crippen molar-refractivity contribution in [1.29, 1.82) is 0 Å². The minimum Gasteiger partial charge on any atom is -0.354 e. The van der Waals surface area contributed by atoms with E-state index in [-0.39, 0.29) is 33.2 Å². The molecular weight excluding hydrogens is 811 g/mol. The Labute approximate surface area is 310 Å². The number of aromatic amines is 4. The van der Waals surface area contributed by atoms with Crippen molar-refractivity contribution in [2.45, 2.75) is 75.3 Å². The summed E-state index contributed by atoms with van der Waals surface area (Å²) in [4.78, 5) is 9.44. The summed E-state index contributed by atoms with van der Waals surface area (Å²) in [5.74, 6) is -19.8. The van der Waals surface area contributed by atoms with Crippen LogP contribution in [0.1, 0.15) is 22.8 Å². The highest BCUT2D eigenvalue weighted by molar-refractivity contribution is 6.84. The summed E-state index contributed by atoms with van der Waals surface area (Å²) >= 11 is 0. The SMILES string of the molecule is C[Si](C)(C)C#CC1=c2ccc([nH]2)=C(C(F)(F)C(F)(F)C(F)(F)F)c2ccc([nH]2)C(C#C[Si](C)(C)C)=c2ccc([nH]2)=C(C(F)(F)C(F)(F)C(F)(F)F)c2ccc1[nH]2. The van der Waals surface area contributed by atoms with E-state index in [1.807, 2.05) is 0 Å². The fraction of sp³-hybridized carbons (Fsp3) is 0.333. The van der Waals surface area contributed by atoms with Gasteiger partial charge in [0.05, 0.1) is 66.5 Å². The zero-order valence-corrected chi connectivity index (χ0v) is 31.9. The number of nitrogens with one attached hydrogen (secondary N) is 4. The van der Waals surface area contributed by atoms with E-state index in [0.717, 1.165) is 48.5 Å². The molecule has 0 aromatic carbocycles. The second-order valence-corrected chi connectivity index (χ2v) is 24.4. The van der Waals surface area contributed by atoms with Gasteiger partial charge in [0.25, 0.3) is 0 Å². The van der Waals surface area contributed by atoms with Crippen molar-refractivity contribution in [3.8, 4) is 22.9 Å². The molecule has 5 heterocycles. The van der Waals surface area contributed by atoms with Crippen LogP contribution in [0, 0.1) is 22.9 Å². The molecule has 0 saturated heterocycles. The molecule has 0 spiro atoms. The molecule has 56 heavy (non-hydrogen) atoms. The van der Waals surface area contributed by atoms with Crippen molar-refractivity contribution in [2.75, 3.05) is 0 Å². The molecule has 0 radical (unpaired) electrons. The summed E-state index contributed by atoms with van der Waals surface area (Å²) < 4.78 is 204. The maximum atomic E-state index is 15.9. The number of aromatic nitrogens is 4. The highest BCUT2D eigenvalue weighted by Crippen LogP contribution is 2.52. The van der Waals surface area contributed by atoms with Crippen molar-refractivity contribution < 1.29 is 61.5 Å². The molecule has 4 nitrogen and oxygen atoms in total. The molecule has 0 unspecified atom stereocenters. The molecule has 0 atom stereocenters. The predicted molar refractivity (Wildman–Crippen MR) is 186 cm³/mol. The lowest BCUT2D eigenvalue weighted by molar-refractivity contribution is -0.339. The molecule has 8 bridgehead atoms. The molecule has 300 valence electrons. The van der Waals surface area contributed by atoms with Crippen molar-refractivity contribution >= 4 is 38.4 Å². The fourth-order valence-corrected chi connectivity index (χ4v) is 6.44. The summed E-state index contributed by atoms with van der Waals surface area (Å²) in [6.45, 7) is 10.4. The third-order valence-corrected chi connectivity index (χ3v) is 9.90. The molecule has 0 aliphatic carbocycles. The molecule has 1 aliphatic heterocycles. The molecule has 4 aromatic rings. The first kappa shape index (κ1) is 42.3. The lowest BCUT2D eigenvalue weighted by Gasteiger charge is -2.29. The van der Waals surface area contributed by atoms with Gasteiger partial charge in [0.2, 0.25) is 0 Å². The van der Waals surface area contributed by atoms with Gasteiger partial charge in [0, 0.05) is 0 Å². The first-order valence-corrected chi connectivity index (χ1v) is 23.3. The van der Waals surface area contributed by atoms with Gasteiger partial charge in [-0.1, -0.05) is 51.1 Å². The predicted octanol–water partition coefficient (Wildman–Crippen LogP) is 7.54. The van der Waals surface area contributed by atoms with E-state index in [9.17, 15) is 43.9 Å². The Hall–Kier alpha value is -4.83. The van der Waals surface area contributed by atoms with Gasteiger partial charge in [-0.3, -0.25) is 0 Å². The van der Waals surface area contributed by atoms with Crippen LogP contribution in [0.2, 0.25) is 39.3 Å². The second-order valence-electron chi connectivity index (χ2n) is 14.9. The van der Waals surface area contributed by atoms with E-state index in [2.05, 4.69) is 42.9 Å². The van der Waals surface area contributed by atoms with Gasteiger partial charge >= 0.3 is 36.0 Å². The number of rotatable bonds is 4. The largest absolute Gasteiger partial charge is 0.460 e. The van der Waals surface area contributed by atoms with Crippen LogP contribution >= 0.6 is 0 Å². The van der Waals surface area contributed by atoms with E-state index in [1.54, 1.807) is 39.3 Å². The smallest absolute Gasteiger partial charge is 0.354 e. The van der Waals surface area contributed by atoms with Gasteiger partial charge in [0.1, 0.15) is 16.1 Å². The van der Waals surface area contributed by atoms with Crippen LogP contribution in [0.5, 0.6) is 0 Å². The van der Waals surface area contributed by atoms with E-state index >= 15 is 17.6 Å². The van der Waals surface area contributed by atoms with Crippen LogP contribution in [0.25, 0.3) is 22.3 Å². The van der Waals surface area contributed by atoms with E-state index in [0.29, 0.717) is 0 Å². The Morgan fingerprint density at radius 1 is 0.393 bits per heavy atom. The summed E-state index contributed by atoms with van der Waals surface area (Å²) in [7, 11) is -4.82. The molecular formula is C36H30F14N4Si2. The van der Waals surface area contributed by atoms with Crippen LogP contribution in [0.15, 0.2) is 48.5 Å². The molecule has 5 rings (SSSR count). The summed E-state index contributed by atoms with van der Waals surface area (Å²) in [5, 5.41) is -2.67. The third-order valence-electron chi connectivity index (χ3n) is 8.15. The zero-order valence-electron chi connectivity index (χ0n) is 29.9. The van der Waals surface area contributed by atoms with Crippen LogP contribution < -0.4 is 21.4 Å². The number of H-pyrrole nitrogens is 4. The fourth-order valence-electron chi connectivity index (χ4n) is 5.44. The first-order valence-electron chi connectivity index (χ1n) is 16.3. The average molecular weight is 841 g/mol. The number of alkyl halides is 14. The minimum atomic E-state index is -6.75. The van der Waals surface area contributed by atoms with Crippen molar-refractivity contribution in [1.82, 2.24) is 19.9 Å². The molecule has 0 fully saturated rings. The molecule has 1 aliphatic rings. The molecule has 4 N–H and O–H groups in total. The number of halogens is 14. The maximum Gasteiger partial charge on any atom is 0.460 e. The Morgan fingerprint density at radius 2 is 0.679 bits per heavy atom. The normalized spacial score (nSPS) is 15.1. The summed E-state index contributed by atoms with van der Waals surface area (Å²) in [6, 6.07) is 6.80. The highest BCUT2D eigenvalue weighted by Gasteiger charge is 2.75. The lowest BCUT2D eigenvalue weighted by atomic mass is 9.98. The molecule has 4 aromatic heterocycles. The standard InChI is InChI=1S/C36H30F14N4Si2/c1-55(2,3)17-15-19-21-7-11-25(51-21)29(31(37,38)33(41,42)35(45,46)47)27-13-9-23(53-27)20(16-18-56(4,5)6)24-10-14-28(54-24)30(26-12-8-22(19)52-26)32(39,40)34(43,44)36(48,49)50/h7-14,51-54H,1-6H3. The van der Waals surface area contributed by atoms with Crippen molar-refractivity contribution in [3.63, 3.8) is 0 Å². The van der Waals surface area contributed by atoms with Crippen LogP contribution in [-0.4, -0.2) is 72.1 Å². The van der Waals surface area contributed by atoms with Crippen LogP contribution in [0.4, 0.5) is 61.5 Å². The zero-order chi connectivity index (χ0) is 42.2. The number of hydrogen-bond donors (Lipinski definition) is 4. The van der Waals surface area contributed by atoms with Crippen molar-refractivity contribution in [2.24, 2.45) is 0 Å². The van der Waals surface area contributed by atoms with Gasteiger partial charge < -0.3 is 19.9 Å². The topological polar surface area (TPSA) is 63.2 Å². The Morgan fingerprint density at radius 3 is 0.964 bits per heavy atom. The van der Waals surface area contributed by atoms with Gasteiger partial charge in [-0.05, 0) is 48.5 Å². The van der Waals surface area contributed by atoms with E-state index in [1.165, 1.54) is 0 Å². The minimum absolute atomic E-state index is 0.316. The molecule has 0 amide bonds. The van der Waals surface area contributed by atoms with Gasteiger partial charge in [0.15, 0.2) is 0 Å². The summed E-state index contributed by atoms with van der Waals surface area (Å²) in [6.07, 6.45) is -13.5. The quantitative estimate of drug-likeness (QED) is 0.0934. The van der Waals surface area contributed by atoms with Gasteiger partial charge in [-0.15, -0.1) is 11.1 Å². The lowest BCUT2D eigenvalue weighted by Crippen LogP contribution is -2.54. The van der Waals surface area contributed by atoms with Crippen LogP contribution in [-0.2, 0) is 0 Å². The van der Waals surface area contributed by atoms with Crippen molar-refractivity contribution in [3.05, 3.63) is 92.7 Å². The number of hydrogen-bond acceptors (Lipinski definition) is 0. The van der Waals surface area contributed by atoms with E-state index < -0.39 is 85.4 Å². The number of fused-ring (bicyclic) bond motifs is 8. The third kappa shape index (κ3) is 7.52. The average Bonchev–Trinajstić information content (AvgIpc) is 3.85. The second kappa shape index (κ2) is 13.4. The maximum absolute atomic E-state index is 15.9. The highest BCUT2D eigenvalue weighted by atomic mass is 28.3. The Kier molecular flexibility index (Phi) is 10.1. The van der Waals surface area contributed by atoms with E-state index in [4.69, 9.17) is 0 Å². The Balaban J connectivity index is 2.07. The van der Waals surface area contributed by atoms with Gasteiger partial charge in [-0.25, -0.2) is 0 Å². The first-order chi connectivity index (χ1) is 25.3. The molecule has 0 saturated carbocycles. The summed E-state index contributed by atoms with van der Waals surface area (Å²) in [5.41, 5.74) is -1.22.